The summed E-state index contributed by atoms with van der Waals surface area (Å²) >= 11 is 0. The Morgan fingerprint density at radius 2 is 1.60 bits per heavy atom. The number of rotatable bonds is 2. The first kappa shape index (κ1) is 18.5. The summed E-state index contributed by atoms with van der Waals surface area (Å²) in [6.07, 6.45) is 0.785. The maximum absolute atomic E-state index is 4.95. The summed E-state index contributed by atoms with van der Waals surface area (Å²) in [5.74, 6) is 0. The molecule has 2 nitrogen and oxygen atoms in total. The Morgan fingerprint density at radius 3 is 1.87 bits per heavy atom. The van der Waals surface area contributed by atoms with Crippen LogP contribution < -0.4 is 0 Å². The average molecular weight is 340 g/mol. The van der Waals surface area contributed by atoms with Gasteiger partial charge in [-0.15, -0.1) is 0 Å². The number of hydrogen-bond acceptors (Lipinski definition) is 1. The minimum atomic E-state index is -2.61. The summed E-state index contributed by atoms with van der Waals surface area (Å²) in [5, 5.41) is 0. The van der Waals surface area contributed by atoms with Crippen LogP contribution in [0.25, 0.3) is 4.85 Å². The number of ether oxygens (including phenoxy) is 1. The molecule has 15 heavy (non-hydrogen) atoms. The van der Waals surface area contributed by atoms with E-state index < -0.39 is 9.20 Å². The van der Waals surface area contributed by atoms with Gasteiger partial charge in [-0.1, -0.05) is 4.85 Å². The molecule has 0 saturated heterocycles. The van der Waals surface area contributed by atoms with Crippen LogP contribution in [0.1, 0.15) is 27.2 Å². The van der Waals surface area contributed by atoms with E-state index in [1.807, 2.05) is 20.8 Å². The molecule has 0 bridgehead atoms. The van der Waals surface area contributed by atoms with Crippen molar-refractivity contribution in [1.29, 1.82) is 0 Å². The molecule has 95 valence electrons. The number of hydrogen-bond donors (Lipinski definition) is 0. The van der Waals surface area contributed by atoms with E-state index in [-0.39, 0.29) is 5.54 Å². The van der Waals surface area contributed by atoms with E-state index in [1.54, 1.807) is 7.11 Å². The first-order chi connectivity index (χ1) is 6.56. The van der Waals surface area contributed by atoms with E-state index in [1.165, 1.54) is 0 Å². The average Bonchev–Trinajstić information content (AvgIpc) is 1.93. The Balaban J connectivity index is 0. The first-order valence-corrected chi connectivity index (χ1v) is 10.1. The van der Waals surface area contributed by atoms with Crippen molar-refractivity contribution < 1.29 is 13.9 Å². The molecule has 0 radical (unpaired) electrons. The standard InChI is InChI=1S/C8H16NO.4ClH.Fe/c1-8(2,3)9-6-5-7-10-4;;;;;/h5,7H2,1-4H3;4*1H;/q+1;;;;;+3/p-4. The first-order valence-electron chi connectivity index (χ1n) is 4.03. The second-order valence-electron chi connectivity index (χ2n) is 3.49. The third-order valence-corrected chi connectivity index (χ3v) is 0.832. The van der Waals surface area contributed by atoms with E-state index >= 15 is 0 Å². The molecule has 0 aliphatic rings. The summed E-state index contributed by atoms with van der Waals surface area (Å²) in [6, 6.07) is 2.93. The van der Waals surface area contributed by atoms with Gasteiger partial charge < -0.3 is 4.74 Å². The molecular formula is C8H16Cl4FeNO. The zero-order valence-corrected chi connectivity index (χ0v) is 13.3. The molecule has 0 fully saturated rings. The summed E-state index contributed by atoms with van der Waals surface area (Å²) in [4.78, 5) is 4.16. The quantitative estimate of drug-likeness (QED) is 0.515. The van der Waals surface area contributed by atoms with Crippen LogP contribution in [0.4, 0.5) is 0 Å². The molecule has 0 aliphatic carbocycles. The van der Waals surface area contributed by atoms with Crippen molar-refractivity contribution in [1.82, 2.24) is 0 Å². The Bertz CT molecular complexity index is 207. The van der Waals surface area contributed by atoms with Crippen molar-refractivity contribution in [3.05, 3.63) is 4.85 Å². The van der Waals surface area contributed by atoms with Crippen molar-refractivity contribution in [3.63, 3.8) is 0 Å². The van der Waals surface area contributed by atoms with Gasteiger partial charge in [0.2, 0.25) is 0 Å². The van der Waals surface area contributed by atoms with Crippen molar-refractivity contribution in [3.8, 4) is 6.07 Å². The van der Waals surface area contributed by atoms with Crippen LogP contribution in [0.15, 0.2) is 0 Å². The Kier molecular flexibility index (Phi) is 11.3. The van der Waals surface area contributed by atoms with Gasteiger partial charge in [0.1, 0.15) is 6.42 Å². The second kappa shape index (κ2) is 9.19. The fourth-order valence-corrected chi connectivity index (χ4v) is 0.441. The van der Waals surface area contributed by atoms with E-state index in [9.17, 15) is 0 Å². The molecule has 0 aromatic carbocycles. The third kappa shape index (κ3) is 39.5. The summed E-state index contributed by atoms with van der Waals surface area (Å²) in [5.41, 5.74) is 0.00768. The Labute approximate surface area is 111 Å². The topological polar surface area (TPSA) is 13.6 Å². The third-order valence-electron chi connectivity index (χ3n) is 0.832. The van der Waals surface area contributed by atoms with Gasteiger partial charge in [0.25, 0.3) is 11.6 Å². The maximum atomic E-state index is 4.95. The molecule has 0 saturated carbocycles. The van der Waals surface area contributed by atoms with Gasteiger partial charge in [0, 0.05) is 27.9 Å². The van der Waals surface area contributed by atoms with Crippen molar-refractivity contribution in [2.24, 2.45) is 0 Å². The number of methoxy groups -OCH3 is 1. The van der Waals surface area contributed by atoms with Gasteiger partial charge in [-0.2, -0.15) is 0 Å². The van der Waals surface area contributed by atoms with Gasteiger partial charge in [0.15, 0.2) is 0 Å². The fourth-order valence-electron chi connectivity index (χ4n) is 0.441. The van der Waals surface area contributed by atoms with Crippen molar-refractivity contribution in [2.45, 2.75) is 32.7 Å². The van der Waals surface area contributed by atoms with Crippen LogP contribution in [0.2, 0.25) is 0 Å². The van der Waals surface area contributed by atoms with Crippen LogP contribution in [-0.4, -0.2) is 19.3 Å². The Morgan fingerprint density at radius 1 is 1.20 bits per heavy atom. The van der Waals surface area contributed by atoms with E-state index in [2.05, 4.69) is 10.9 Å². The fraction of sp³-hybridized carbons (Fsp3) is 0.875. The SMILES string of the molecule is COCCC#[N+]C(C)(C)C.[Cl][Fe-]([Cl])([Cl])[Cl]. The van der Waals surface area contributed by atoms with Crippen LogP contribution in [-0.2, 0) is 13.9 Å². The molecule has 0 amide bonds. The number of nitrogens with zero attached hydrogens (tertiary/aromatic N) is 1. The van der Waals surface area contributed by atoms with Crippen LogP contribution >= 0.6 is 40.4 Å². The zero-order chi connectivity index (χ0) is 12.5. The van der Waals surface area contributed by atoms with Gasteiger partial charge in [-0.05, 0) is 0 Å². The van der Waals surface area contributed by atoms with Crippen molar-refractivity contribution >= 4 is 40.4 Å². The zero-order valence-electron chi connectivity index (χ0n) is 9.14. The van der Waals surface area contributed by atoms with Crippen LogP contribution in [0.3, 0.4) is 0 Å². The van der Waals surface area contributed by atoms with Gasteiger partial charge >= 0.3 is 49.6 Å². The monoisotopic (exact) mass is 338 g/mol. The van der Waals surface area contributed by atoms with Crippen LogP contribution in [0.5, 0.6) is 0 Å². The summed E-state index contributed by atoms with van der Waals surface area (Å²) < 4.78 is 4.83. The van der Waals surface area contributed by atoms with Gasteiger partial charge in [-0.25, -0.2) is 0 Å². The minimum absolute atomic E-state index is 0.00768. The van der Waals surface area contributed by atoms with Crippen molar-refractivity contribution in [2.75, 3.05) is 13.7 Å². The van der Waals surface area contributed by atoms with E-state index in [4.69, 9.17) is 45.1 Å². The molecule has 0 heterocycles. The second-order valence-corrected chi connectivity index (χ2v) is 14.4. The number of halogens is 4. The normalized spacial score (nSPS) is 12.0. The van der Waals surface area contributed by atoms with E-state index in [0.29, 0.717) is 6.61 Å². The predicted molar refractivity (Wildman–Crippen MR) is 66.9 cm³/mol. The Hall–Kier alpha value is 1.13. The molecule has 0 aromatic heterocycles. The molecule has 0 unspecified atom stereocenters. The molecule has 0 aliphatic heterocycles. The molecule has 0 rings (SSSR count). The molecule has 0 aromatic rings. The predicted octanol–water partition coefficient (Wildman–Crippen LogP) is 4.91. The molecule has 0 spiro atoms. The molecule has 0 atom stereocenters. The molecule has 0 N–H and O–H groups in total. The molecule has 7 heteroatoms. The summed E-state index contributed by atoms with van der Waals surface area (Å²) in [7, 11) is 18.9. The molecular weight excluding hydrogens is 324 g/mol. The summed E-state index contributed by atoms with van der Waals surface area (Å²) in [6.45, 7) is 6.85. The van der Waals surface area contributed by atoms with E-state index in [0.717, 1.165) is 6.42 Å². The van der Waals surface area contributed by atoms with Gasteiger partial charge in [-0.3, -0.25) is 0 Å². The van der Waals surface area contributed by atoms with Gasteiger partial charge in [0.05, 0.1) is 6.61 Å². The van der Waals surface area contributed by atoms with Crippen LogP contribution in [0, 0.1) is 6.07 Å².